The Labute approximate surface area is 172 Å². The number of hydrogen-bond acceptors (Lipinski definition) is 1. The molecule has 0 aliphatic rings. The van der Waals surface area contributed by atoms with Crippen molar-refractivity contribution in [2.75, 3.05) is 5.32 Å². The first-order valence-electron chi connectivity index (χ1n) is 10.3. The van der Waals surface area contributed by atoms with E-state index in [2.05, 4.69) is 35.4 Å². The van der Waals surface area contributed by atoms with Crippen molar-refractivity contribution < 1.29 is 4.79 Å². The summed E-state index contributed by atoms with van der Waals surface area (Å²) in [7, 11) is 0. The van der Waals surface area contributed by atoms with Gasteiger partial charge in [-0.25, -0.2) is 0 Å². The number of carbonyl (C=O) groups is 1. The van der Waals surface area contributed by atoms with E-state index >= 15 is 0 Å². The van der Waals surface area contributed by atoms with Crippen LogP contribution in [0.4, 0.5) is 5.69 Å². The molecular weight excluding hydrogens is 356 g/mol. The van der Waals surface area contributed by atoms with E-state index in [9.17, 15) is 4.79 Å². The first-order chi connectivity index (χ1) is 14.2. The number of H-pyrrole nitrogens is 1. The molecule has 0 radical (unpaired) electrons. The van der Waals surface area contributed by atoms with Crippen molar-refractivity contribution in [2.45, 2.75) is 33.6 Å². The Morgan fingerprint density at radius 2 is 1.59 bits per heavy atom. The van der Waals surface area contributed by atoms with Crippen LogP contribution >= 0.6 is 0 Å². The van der Waals surface area contributed by atoms with E-state index in [0.29, 0.717) is 5.56 Å². The quantitative estimate of drug-likeness (QED) is 0.380. The number of aryl methyl sites for hydroxylation is 1. The Morgan fingerprint density at radius 1 is 0.897 bits per heavy atom. The first kappa shape index (κ1) is 20.4. The lowest BCUT2D eigenvalue weighted by Crippen LogP contribution is -2.11. The molecule has 1 heterocycles. The second-order valence-corrected chi connectivity index (χ2v) is 6.75. The lowest BCUT2D eigenvalue weighted by atomic mass is 10.1. The number of nitrogens with one attached hydrogen (secondary N) is 2. The molecule has 148 valence electrons. The maximum absolute atomic E-state index is 12.4. The highest BCUT2D eigenvalue weighted by atomic mass is 16.1. The fourth-order valence-corrected chi connectivity index (χ4v) is 3.28. The minimum atomic E-state index is -0.0867. The molecule has 0 spiro atoms. The molecule has 4 aromatic rings. The molecule has 29 heavy (non-hydrogen) atoms. The largest absolute Gasteiger partial charge is 0.355 e. The molecule has 0 aliphatic carbocycles. The maximum atomic E-state index is 12.4. The lowest BCUT2D eigenvalue weighted by molar-refractivity contribution is 0.102. The summed E-state index contributed by atoms with van der Waals surface area (Å²) in [6.07, 6.45) is 2.14. The molecule has 3 nitrogen and oxygen atoms in total. The zero-order chi connectivity index (χ0) is 20.6. The van der Waals surface area contributed by atoms with Gasteiger partial charge >= 0.3 is 0 Å². The summed E-state index contributed by atoms with van der Waals surface area (Å²) >= 11 is 0. The van der Waals surface area contributed by atoms with E-state index in [0.717, 1.165) is 35.3 Å². The summed E-state index contributed by atoms with van der Waals surface area (Å²) in [5, 5.41) is 4.16. The molecule has 0 fully saturated rings. The van der Waals surface area contributed by atoms with Gasteiger partial charge in [-0.15, -0.1) is 0 Å². The van der Waals surface area contributed by atoms with Crippen LogP contribution in [0.1, 0.15) is 43.1 Å². The third kappa shape index (κ3) is 4.94. The van der Waals surface area contributed by atoms with Crippen LogP contribution in [0.25, 0.3) is 22.2 Å². The lowest BCUT2D eigenvalue weighted by Gasteiger charge is -2.07. The Bertz CT molecular complexity index is 1030. The number of amides is 1. The SMILES string of the molecule is CC.CCCc1ccc(C(=O)Nc2ccc(-c3cc4ccccc4[nH]3)cc2)cc1. The minimum Gasteiger partial charge on any atom is -0.355 e. The summed E-state index contributed by atoms with van der Waals surface area (Å²) in [4.78, 5) is 15.9. The van der Waals surface area contributed by atoms with Crippen molar-refractivity contribution in [3.63, 3.8) is 0 Å². The third-order valence-electron chi connectivity index (χ3n) is 4.74. The zero-order valence-corrected chi connectivity index (χ0v) is 17.3. The normalized spacial score (nSPS) is 10.3. The summed E-state index contributed by atoms with van der Waals surface area (Å²) < 4.78 is 0. The van der Waals surface area contributed by atoms with Crippen LogP contribution in [0, 0.1) is 0 Å². The molecule has 3 heteroatoms. The zero-order valence-electron chi connectivity index (χ0n) is 17.3. The van der Waals surface area contributed by atoms with Crippen LogP contribution in [0.2, 0.25) is 0 Å². The van der Waals surface area contributed by atoms with Gasteiger partial charge in [-0.1, -0.05) is 69.7 Å². The smallest absolute Gasteiger partial charge is 0.255 e. The van der Waals surface area contributed by atoms with Crippen LogP contribution in [0.5, 0.6) is 0 Å². The Kier molecular flexibility index (Phi) is 6.85. The van der Waals surface area contributed by atoms with Crippen LogP contribution in [-0.4, -0.2) is 10.9 Å². The number of anilines is 1. The molecule has 0 bridgehead atoms. The van der Waals surface area contributed by atoms with Crippen LogP contribution in [0.3, 0.4) is 0 Å². The Balaban J connectivity index is 0.00000117. The average Bonchev–Trinajstić information content (AvgIpc) is 3.21. The van der Waals surface area contributed by atoms with E-state index in [1.54, 1.807) is 0 Å². The topological polar surface area (TPSA) is 44.9 Å². The highest BCUT2D eigenvalue weighted by molar-refractivity contribution is 6.04. The number of benzene rings is 3. The average molecular weight is 385 g/mol. The number of rotatable bonds is 5. The maximum Gasteiger partial charge on any atom is 0.255 e. The van der Waals surface area contributed by atoms with Gasteiger partial charge in [-0.3, -0.25) is 4.79 Å². The molecule has 0 unspecified atom stereocenters. The van der Waals surface area contributed by atoms with Crippen molar-refractivity contribution in [1.82, 2.24) is 4.98 Å². The first-order valence-corrected chi connectivity index (χ1v) is 10.3. The van der Waals surface area contributed by atoms with Gasteiger partial charge in [0.15, 0.2) is 0 Å². The van der Waals surface area contributed by atoms with Crippen LogP contribution in [-0.2, 0) is 6.42 Å². The van der Waals surface area contributed by atoms with Crippen molar-refractivity contribution >= 4 is 22.5 Å². The fraction of sp³-hybridized carbons (Fsp3) is 0.192. The summed E-state index contributed by atoms with van der Waals surface area (Å²) in [6, 6.07) is 26.1. The van der Waals surface area contributed by atoms with Crippen molar-refractivity contribution in [1.29, 1.82) is 0 Å². The van der Waals surface area contributed by atoms with Gasteiger partial charge in [0.25, 0.3) is 5.91 Å². The van der Waals surface area contributed by atoms with Crippen molar-refractivity contribution in [3.8, 4) is 11.3 Å². The summed E-state index contributed by atoms with van der Waals surface area (Å²) in [6.45, 7) is 6.15. The molecule has 0 atom stereocenters. The van der Waals surface area contributed by atoms with Gasteiger partial charge in [0.2, 0.25) is 0 Å². The highest BCUT2D eigenvalue weighted by Gasteiger charge is 2.07. The summed E-state index contributed by atoms with van der Waals surface area (Å²) in [5.41, 5.74) is 6.01. The number of carbonyl (C=O) groups excluding carboxylic acids is 1. The third-order valence-corrected chi connectivity index (χ3v) is 4.74. The van der Waals surface area contributed by atoms with Gasteiger partial charge < -0.3 is 10.3 Å². The van der Waals surface area contributed by atoms with E-state index in [1.807, 2.05) is 74.5 Å². The predicted octanol–water partition coefficient (Wildman–Crippen LogP) is 7.07. The molecular formula is C26H28N2O. The standard InChI is InChI=1S/C24H22N2O.C2H6/c1-2-5-17-8-10-19(11-9-17)24(27)25-21-14-12-18(13-15-21)23-16-20-6-3-4-7-22(20)26-23;1-2/h3-4,6-16,26H,2,5H2,1H3,(H,25,27);1-2H3. The monoisotopic (exact) mass is 384 g/mol. The van der Waals surface area contributed by atoms with E-state index < -0.39 is 0 Å². The van der Waals surface area contributed by atoms with Gasteiger partial charge in [0.05, 0.1) is 0 Å². The fourth-order valence-electron chi connectivity index (χ4n) is 3.28. The van der Waals surface area contributed by atoms with Crippen LogP contribution in [0.15, 0.2) is 78.9 Å². The van der Waals surface area contributed by atoms with Crippen molar-refractivity contribution in [2.24, 2.45) is 0 Å². The molecule has 0 aliphatic heterocycles. The van der Waals surface area contributed by atoms with Gasteiger partial charge in [0, 0.05) is 27.8 Å². The van der Waals surface area contributed by atoms with Crippen LogP contribution < -0.4 is 5.32 Å². The molecule has 3 aromatic carbocycles. The predicted molar refractivity (Wildman–Crippen MR) is 123 cm³/mol. The second kappa shape index (κ2) is 9.74. The van der Waals surface area contributed by atoms with E-state index in [4.69, 9.17) is 0 Å². The van der Waals surface area contributed by atoms with Gasteiger partial charge in [-0.05, 0) is 53.9 Å². The number of fused-ring (bicyclic) bond motifs is 1. The molecule has 4 rings (SSSR count). The highest BCUT2D eigenvalue weighted by Crippen LogP contribution is 2.25. The Morgan fingerprint density at radius 3 is 2.24 bits per heavy atom. The number of aromatic nitrogens is 1. The molecule has 2 N–H and O–H groups in total. The summed E-state index contributed by atoms with van der Waals surface area (Å²) in [5.74, 6) is -0.0867. The molecule has 0 saturated heterocycles. The van der Waals surface area contributed by atoms with Gasteiger partial charge in [-0.2, -0.15) is 0 Å². The van der Waals surface area contributed by atoms with Gasteiger partial charge in [0.1, 0.15) is 0 Å². The van der Waals surface area contributed by atoms with Crippen molar-refractivity contribution in [3.05, 3.63) is 90.0 Å². The van der Waals surface area contributed by atoms with E-state index in [-0.39, 0.29) is 5.91 Å². The molecule has 1 amide bonds. The van der Waals surface area contributed by atoms with E-state index in [1.165, 1.54) is 10.9 Å². The molecule has 0 saturated carbocycles. The minimum absolute atomic E-state index is 0.0867. The Hall–Kier alpha value is -3.33. The number of hydrogen-bond donors (Lipinski definition) is 2. The molecule has 1 aromatic heterocycles. The second-order valence-electron chi connectivity index (χ2n) is 6.75. The number of aromatic amines is 1. The number of para-hydroxylation sites is 1.